The van der Waals surface area contributed by atoms with E-state index in [4.69, 9.17) is 9.47 Å². The van der Waals surface area contributed by atoms with Gasteiger partial charge in [0.1, 0.15) is 0 Å². The van der Waals surface area contributed by atoms with Gasteiger partial charge in [-0.25, -0.2) is 4.79 Å². The van der Waals surface area contributed by atoms with Crippen LogP contribution in [0, 0.1) is 0 Å². The van der Waals surface area contributed by atoms with Crippen LogP contribution < -0.4 is 0 Å². The Labute approximate surface area is 114 Å². The average molecular weight is 276 g/mol. The van der Waals surface area contributed by atoms with E-state index in [9.17, 15) is 9.59 Å². The molecule has 1 aromatic rings. The van der Waals surface area contributed by atoms with E-state index in [0.29, 0.717) is 5.57 Å². The van der Waals surface area contributed by atoms with Gasteiger partial charge in [0.05, 0.1) is 19.8 Å². The van der Waals surface area contributed by atoms with Crippen molar-refractivity contribution < 1.29 is 19.1 Å². The Morgan fingerprint density at radius 2 is 1.95 bits per heavy atom. The van der Waals surface area contributed by atoms with Gasteiger partial charge in [0.15, 0.2) is 4.75 Å². The van der Waals surface area contributed by atoms with Gasteiger partial charge in [-0.15, -0.1) is 11.8 Å². The molecule has 0 bridgehead atoms. The van der Waals surface area contributed by atoms with Crippen LogP contribution in [0.1, 0.15) is 11.5 Å². The quantitative estimate of drug-likeness (QED) is 0.772. The number of hydrogen-bond donors (Lipinski definition) is 0. The standard InChI is InChI=1S/C14H12O4S/c1-17-12(15)10-7-9-8-5-3-4-6-11(8)19-14(9,10)13(16)18-2/h3-7,9H,1-2H3. The van der Waals surface area contributed by atoms with Crippen LogP contribution in [-0.4, -0.2) is 30.9 Å². The van der Waals surface area contributed by atoms with Crippen molar-refractivity contribution in [3.63, 3.8) is 0 Å². The topological polar surface area (TPSA) is 52.6 Å². The van der Waals surface area contributed by atoms with Crippen LogP contribution in [0.15, 0.2) is 40.8 Å². The molecule has 0 aromatic heterocycles. The summed E-state index contributed by atoms with van der Waals surface area (Å²) in [5.41, 5.74) is 1.44. The molecule has 2 aliphatic rings. The third kappa shape index (κ3) is 1.42. The van der Waals surface area contributed by atoms with Crippen LogP contribution in [0.25, 0.3) is 0 Å². The Bertz CT molecular complexity index is 607. The number of fused-ring (bicyclic) bond motifs is 3. The van der Waals surface area contributed by atoms with Crippen molar-refractivity contribution >= 4 is 23.7 Å². The zero-order chi connectivity index (χ0) is 13.6. The van der Waals surface area contributed by atoms with Gasteiger partial charge in [-0.2, -0.15) is 0 Å². The lowest BCUT2D eigenvalue weighted by atomic mass is 9.70. The highest BCUT2D eigenvalue weighted by molar-refractivity contribution is 8.02. The Hall–Kier alpha value is -1.75. The number of allylic oxidation sites excluding steroid dienone is 1. The van der Waals surface area contributed by atoms with Gasteiger partial charge >= 0.3 is 11.9 Å². The summed E-state index contributed by atoms with van der Waals surface area (Å²) in [6, 6.07) is 7.77. The first kappa shape index (κ1) is 12.3. The minimum absolute atomic E-state index is 0.116. The van der Waals surface area contributed by atoms with Crippen LogP contribution in [0.4, 0.5) is 0 Å². The van der Waals surface area contributed by atoms with E-state index in [1.165, 1.54) is 26.0 Å². The first-order valence-corrected chi connectivity index (χ1v) is 6.63. The van der Waals surface area contributed by atoms with Gasteiger partial charge in [-0.3, -0.25) is 4.79 Å². The molecule has 2 unspecified atom stereocenters. The SMILES string of the molecule is COC(=O)C1=CC2c3ccccc3SC12C(=O)OC. The van der Waals surface area contributed by atoms with Gasteiger partial charge in [0.25, 0.3) is 0 Å². The zero-order valence-corrected chi connectivity index (χ0v) is 11.3. The van der Waals surface area contributed by atoms with Crippen molar-refractivity contribution in [1.82, 2.24) is 0 Å². The van der Waals surface area contributed by atoms with Crippen molar-refractivity contribution in [2.24, 2.45) is 0 Å². The van der Waals surface area contributed by atoms with Crippen LogP contribution in [0.3, 0.4) is 0 Å². The van der Waals surface area contributed by atoms with Gasteiger partial charge in [0.2, 0.25) is 0 Å². The molecule has 2 atom stereocenters. The smallest absolute Gasteiger partial charge is 0.335 e. The Morgan fingerprint density at radius 1 is 1.21 bits per heavy atom. The van der Waals surface area contributed by atoms with Crippen LogP contribution in [0.5, 0.6) is 0 Å². The molecular formula is C14H12O4S. The normalized spacial score (nSPS) is 26.6. The molecule has 0 saturated heterocycles. The third-order valence-electron chi connectivity index (χ3n) is 3.59. The monoisotopic (exact) mass is 276 g/mol. The summed E-state index contributed by atoms with van der Waals surface area (Å²) >= 11 is 1.37. The van der Waals surface area contributed by atoms with Crippen LogP contribution >= 0.6 is 11.8 Å². The largest absolute Gasteiger partial charge is 0.468 e. The second kappa shape index (κ2) is 4.13. The average Bonchev–Trinajstić information content (AvgIpc) is 2.68. The van der Waals surface area contributed by atoms with Crippen LogP contribution in [0.2, 0.25) is 0 Å². The summed E-state index contributed by atoms with van der Waals surface area (Å²) in [6.07, 6.45) is 1.79. The second-order valence-corrected chi connectivity index (χ2v) is 5.70. The molecule has 0 fully saturated rings. The number of carbonyl (C=O) groups is 2. The van der Waals surface area contributed by atoms with Gasteiger partial charge < -0.3 is 9.47 Å². The van der Waals surface area contributed by atoms with Crippen molar-refractivity contribution in [3.05, 3.63) is 41.5 Å². The molecule has 0 radical (unpaired) electrons. The molecule has 19 heavy (non-hydrogen) atoms. The molecule has 0 N–H and O–H groups in total. The fraction of sp³-hybridized carbons (Fsp3) is 0.286. The Balaban J connectivity index is 2.10. The first-order chi connectivity index (χ1) is 9.15. The molecule has 98 valence electrons. The Morgan fingerprint density at radius 3 is 2.63 bits per heavy atom. The zero-order valence-electron chi connectivity index (χ0n) is 10.5. The molecule has 1 aliphatic carbocycles. The number of esters is 2. The van der Waals surface area contributed by atoms with E-state index in [1.54, 1.807) is 6.08 Å². The highest BCUT2D eigenvalue weighted by Crippen LogP contribution is 2.63. The van der Waals surface area contributed by atoms with Crippen molar-refractivity contribution in [1.29, 1.82) is 0 Å². The number of carbonyl (C=O) groups excluding carboxylic acids is 2. The predicted octanol–water partition coefficient (Wildman–Crippen LogP) is 1.90. The number of thioether (sulfide) groups is 1. The summed E-state index contributed by atoms with van der Waals surface area (Å²) in [5, 5.41) is 0. The summed E-state index contributed by atoms with van der Waals surface area (Å²) in [7, 11) is 2.65. The molecule has 1 aliphatic heterocycles. The van der Waals surface area contributed by atoms with E-state index < -0.39 is 16.7 Å². The third-order valence-corrected chi connectivity index (χ3v) is 5.14. The van der Waals surface area contributed by atoms with E-state index in [2.05, 4.69) is 0 Å². The number of methoxy groups -OCH3 is 2. The van der Waals surface area contributed by atoms with E-state index in [-0.39, 0.29) is 5.92 Å². The minimum Gasteiger partial charge on any atom is -0.468 e. The minimum atomic E-state index is -0.967. The molecule has 5 heteroatoms. The number of ether oxygens (including phenoxy) is 2. The number of hydrogen-bond acceptors (Lipinski definition) is 5. The second-order valence-electron chi connectivity index (χ2n) is 4.42. The lowest BCUT2D eigenvalue weighted by Crippen LogP contribution is -2.49. The summed E-state index contributed by atoms with van der Waals surface area (Å²) in [6.45, 7) is 0. The molecule has 3 rings (SSSR count). The maximum absolute atomic E-state index is 12.2. The van der Waals surface area contributed by atoms with Crippen LogP contribution in [-0.2, 0) is 19.1 Å². The summed E-state index contributed by atoms with van der Waals surface area (Å²) in [5.74, 6) is -0.987. The van der Waals surface area contributed by atoms with E-state index in [1.807, 2.05) is 24.3 Å². The molecule has 0 saturated carbocycles. The molecule has 0 amide bonds. The lowest BCUT2D eigenvalue weighted by Gasteiger charge is -2.39. The fourth-order valence-corrected chi connectivity index (χ4v) is 4.23. The molecule has 0 spiro atoms. The van der Waals surface area contributed by atoms with Gasteiger partial charge in [-0.05, 0) is 11.6 Å². The van der Waals surface area contributed by atoms with E-state index >= 15 is 0 Å². The fourth-order valence-electron chi connectivity index (χ4n) is 2.67. The molecule has 1 heterocycles. The first-order valence-electron chi connectivity index (χ1n) is 5.82. The van der Waals surface area contributed by atoms with E-state index in [0.717, 1.165) is 10.5 Å². The van der Waals surface area contributed by atoms with Crippen molar-refractivity contribution in [2.45, 2.75) is 15.6 Å². The molecule has 1 aromatic carbocycles. The molecule has 4 nitrogen and oxygen atoms in total. The maximum atomic E-state index is 12.2. The highest BCUT2D eigenvalue weighted by atomic mass is 32.2. The predicted molar refractivity (Wildman–Crippen MR) is 69.9 cm³/mol. The van der Waals surface area contributed by atoms with Gasteiger partial charge in [-0.1, -0.05) is 24.3 Å². The highest BCUT2D eigenvalue weighted by Gasteiger charge is 2.63. The Kier molecular flexibility index (Phi) is 2.67. The summed E-state index contributed by atoms with van der Waals surface area (Å²) in [4.78, 5) is 25.0. The van der Waals surface area contributed by atoms with Gasteiger partial charge in [0, 0.05) is 10.8 Å². The molecular weight excluding hydrogens is 264 g/mol. The number of benzene rings is 1. The van der Waals surface area contributed by atoms with Crippen molar-refractivity contribution in [3.8, 4) is 0 Å². The summed E-state index contributed by atoms with van der Waals surface area (Å²) < 4.78 is 8.69. The van der Waals surface area contributed by atoms with Crippen molar-refractivity contribution in [2.75, 3.05) is 14.2 Å². The maximum Gasteiger partial charge on any atom is 0.335 e. The number of rotatable bonds is 2. The lowest BCUT2D eigenvalue weighted by molar-refractivity contribution is -0.147.